The molecule has 18 heavy (non-hydrogen) atoms. The quantitative estimate of drug-likeness (QED) is 0.623. The summed E-state index contributed by atoms with van der Waals surface area (Å²) in [5.41, 5.74) is 2.83. The van der Waals surface area contributed by atoms with Crippen LogP contribution < -0.4 is 0 Å². The van der Waals surface area contributed by atoms with Crippen molar-refractivity contribution in [1.82, 2.24) is 15.0 Å². The first-order chi connectivity index (χ1) is 8.74. The number of nitrogens with zero attached hydrogens (tertiary/aromatic N) is 3. The third-order valence-electron chi connectivity index (χ3n) is 2.78. The topological polar surface area (TPSA) is 38.7 Å². The molecular weight excluding hydrogens is 246 g/mol. The fourth-order valence-electron chi connectivity index (χ4n) is 1.90. The van der Waals surface area contributed by atoms with E-state index >= 15 is 0 Å². The van der Waals surface area contributed by atoms with Gasteiger partial charge in [0.1, 0.15) is 5.15 Å². The van der Waals surface area contributed by atoms with E-state index in [0.29, 0.717) is 5.15 Å². The van der Waals surface area contributed by atoms with Crippen molar-refractivity contribution in [2.45, 2.75) is 6.92 Å². The van der Waals surface area contributed by atoms with E-state index < -0.39 is 0 Å². The molecule has 4 heteroatoms. The number of halogens is 1. The molecule has 0 amide bonds. The monoisotopic (exact) mass is 255 g/mol. The van der Waals surface area contributed by atoms with Crippen molar-refractivity contribution in [2.24, 2.45) is 0 Å². The molecule has 0 radical (unpaired) electrons. The largest absolute Gasteiger partial charge is 0.264 e. The molecule has 0 spiro atoms. The molecule has 0 saturated heterocycles. The van der Waals surface area contributed by atoms with Crippen molar-refractivity contribution in [3.63, 3.8) is 0 Å². The Labute approximate surface area is 109 Å². The van der Waals surface area contributed by atoms with E-state index in [4.69, 9.17) is 11.6 Å². The van der Waals surface area contributed by atoms with Crippen LogP contribution in [0.1, 0.15) is 5.69 Å². The Morgan fingerprint density at radius 3 is 2.83 bits per heavy atom. The highest BCUT2D eigenvalue weighted by Gasteiger charge is 2.06. The molecule has 0 aliphatic rings. The normalized spacial score (nSPS) is 10.8. The number of aromatic nitrogens is 3. The van der Waals surface area contributed by atoms with Gasteiger partial charge in [-0.15, -0.1) is 0 Å². The zero-order chi connectivity index (χ0) is 12.5. The molecule has 0 fully saturated rings. The second-order valence-electron chi connectivity index (χ2n) is 4.08. The molecule has 0 atom stereocenters. The zero-order valence-corrected chi connectivity index (χ0v) is 10.5. The lowest BCUT2D eigenvalue weighted by Gasteiger charge is -2.05. The van der Waals surface area contributed by atoms with E-state index in [0.717, 1.165) is 27.7 Å². The number of hydrogen-bond donors (Lipinski definition) is 0. The fourth-order valence-corrected chi connectivity index (χ4v) is 2.15. The SMILES string of the molecule is Cc1cc(-c2cc3ccncc3c(Cl)n2)ccn1. The van der Waals surface area contributed by atoms with Crippen LogP contribution in [0.5, 0.6) is 0 Å². The predicted molar refractivity (Wildman–Crippen MR) is 72.5 cm³/mol. The van der Waals surface area contributed by atoms with Gasteiger partial charge in [-0.3, -0.25) is 9.97 Å². The van der Waals surface area contributed by atoms with Crippen molar-refractivity contribution < 1.29 is 0 Å². The first-order valence-electron chi connectivity index (χ1n) is 5.57. The van der Waals surface area contributed by atoms with Gasteiger partial charge in [0.15, 0.2) is 0 Å². The van der Waals surface area contributed by atoms with Crippen LogP contribution in [0, 0.1) is 6.92 Å². The van der Waals surface area contributed by atoms with E-state index in [-0.39, 0.29) is 0 Å². The van der Waals surface area contributed by atoms with Crippen molar-refractivity contribution in [3.8, 4) is 11.3 Å². The molecule has 0 saturated carbocycles. The average Bonchev–Trinajstić information content (AvgIpc) is 2.39. The van der Waals surface area contributed by atoms with Crippen LogP contribution in [0.4, 0.5) is 0 Å². The first kappa shape index (κ1) is 11.1. The smallest absolute Gasteiger partial charge is 0.139 e. The molecule has 3 aromatic rings. The van der Waals surface area contributed by atoms with Crippen LogP contribution in [-0.4, -0.2) is 15.0 Å². The van der Waals surface area contributed by atoms with Crippen LogP contribution in [-0.2, 0) is 0 Å². The van der Waals surface area contributed by atoms with Gasteiger partial charge >= 0.3 is 0 Å². The van der Waals surface area contributed by atoms with Gasteiger partial charge in [0.2, 0.25) is 0 Å². The van der Waals surface area contributed by atoms with Crippen molar-refractivity contribution >= 4 is 22.4 Å². The van der Waals surface area contributed by atoms with E-state index in [9.17, 15) is 0 Å². The minimum Gasteiger partial charge on any atom is -0.264 e. The summed E-state index contributed by atoms with van der Waals surface area (Å²) in [7, 11) is 0. The fraction of sp³-hybridized carbons (Fsp3) is 0.0714. The minimum absolute atomic E-state index is 0.477. The molecule has 3 rings (SSSR count). The van der Waals surface area contributed by atoms with E-state index in [1.807, 2.05) is 31.2 Å². The Hall–Kier alpha value is -2.00. The number of pyridine rings is 3. The standard InChI is InChI=1S/C14H10ClN3/c1-9-6-11(3-5-17-9)13-7-10-2-4-16-8-12(10)14(15)18-13/h2-8H,1H3. The molecule has 0 aliphatic carbocycles. The Kier molecular flexibility index (Phi) is 2.68. The predicted octanol–water partition coefficient (Wildman–Crippen LogP) is 3.65. The molecule has 0 aromatic carbocycles. The first-order valence-corrected chi connectivity index (χ1v) is 5.95. The lowest BCUT2D eigenvalue weighted by atomic mass is 10.1. The van der Waals surface area contributed by atoms with Crippen LogP contribution in [0.2, 0.25) is 5.15 Å². The summed E-state index contributed by atoms with van der Waals surface area (Å²) < 4.78 is 0. The lowest BCUT2D eigenvalue weighted by molar-refractivity contribution is 1.19. The second kappa shape index (κ2) is 4.35. The van der Waals surface area contributed by atoms with E-state index in [1.54, 1.807) is 18.6 Å². The molecule has 88 valence electrons. The van der Waals surface area contributed by atoms with Gasteiger partial charge in [0.05, 0.1) is 5.69 Å². The Morgan fingerprint density at radius 2 is 2.00 bits per heavy atom. The van der Waals surface area contributed by atoms with Crippen LogP contribution in [0.25, 0.3) is 22.0 Å². The molecule has 3 heterocycles. The third-order valence-corrected chi connectivity index (χ3v) is 3.07. The van der Waals surface area contributed by atoms with Gasteiger partial charge in [-0.05, 0) is 36.6 Å². The van der Waals surface area contributed by atoms with Gasteiger partial charge in [-0.1, -0.05) is 11.6 Å². The summed E-state index contributed by atoms with van der Waals surface area (Å²) in [4.78, 5) is 12.6. The summed E-state index contributed by atoms with van der Waals surface area (Å²) in [5.74, 6) is 0. The van der Waals surface area contributed by atoms with Crippen molar-refractivity contribution in [2.75, 3.05) is 0 Å². The molecular formula is C14H10ClN3. The summed E-state index contributed by atoms with van der Waals surface area (Å²) in [6.45, 7) is 1.95. The number of fused-ring (bicyclic) bond motifs is 1. The van der Waals surface area contributed by atoms with E-state index in [2.05, 4.69) is 15.0 Å². The maximum atomic E-state index is 6.19. The van der Waals surface area contributed by atoms with Crippen LogP contribution >= 0.6 is 11.6 Å². The molecule has 3 aromatic heterocycles. The molecule has 3 nitrogen and oxygen atoms in total. The summed E-state index contributed by atoms with van der Waals surface area (Å²) in [6, 6.07) is 7.86. The molecule has 0 bridgehead atoms. The van der Waals surface area contributed by atoms with Crippen molar-refractivity contribution in [1.29, 1.82) is 0 Å². The molecule has 0 aliphatic heterocycles. The summed E-state index contributed by atoms with van der Waals surface area (Å²) in [6.07, 6.45) is 5.25. The summed E-state index contributed by atoms with van der Waals surface area (Å²) >= 11 is 6.19. The van der Waals surface area contributed by atoms with Gasteiger partial charge in [0.25, 0.3) is 0 Å². The summed E-state index contributed by atoms with van der Waals surface area (Å²) in [5, 5.41) is 2.38. The van der Waals surface area contributed by atoms with E-state index in [1.165, 1.54) is 0 Å². The van der Waals surface area contributed by atoms with Gasteiger partial charge in [-0.25, -0.2) is 4.98 Å². The highest BCUT2D eigenvalue weighted by Crippen LogP contribution is 2.26. The average molecular weight is 256 g/mol. The maximum absolute atomic E-state index is 6.19. The number of hydrogen-bond acceptors (Lipinski definition) is 3. The third kappa shape index (κ3) is 1.93. The highest BCUT2D eigenvalue weighted by atomic mass is 35.5. The number of aryl methyl sites for hydroxylation is 1. The Bertz CT molecular complexity index is 725. The zero-order valence-electron chi connectivity index (χ0n) is 9.76. The maximum Gasteiger partial charge on any atom is 0.139 e. The Balaban J connectivity index is 2.24. The molecule has 0 N–H and O–H groups in total. The van der Waals surface area contributed by atoms with Crippen molar-refractivity contribution in [3.05, 3.63) is 53.7 Å². The van der Waals surface area contributed by atoms with Crippen LogP contribution in [0.3, 0.4) is 0 Å². The lowest BCUT2D eigenvalue weighted by Crippen LogP contribution is -1.89. The Morgan fingerprint density at radius 1 is 1.11 bits per heavy atom. The van der Waals surface area contributed by atoms with Gasteiger partial charge in [0, 0.05) is 35.2 Å². The molecule has 0 unspecified atom stereocenters. The second-order valence-corrected chi connectivity index (χ2v) is 4.44. The number of rotatable bonds is 1. The van der Waals surface area contributed by atoms with Gasteiger partial charge in [-0.2, -0.15) is 0 Å². The highest BCUT2D eigenvalue weighted by molar-refractivity contribution is 6.34. The van der Waals surface area contributed by atoms with Gasteiger partial charge < -0.3 is 0 Å². The minimum atomic E-state index is 0.477. The van der Waals surface area contributed by atoms with Crippen LogP contribution in [0.15, 0.2) is 42.9 Å².